The molecule has 0 amide bonds. The van der Waals surface area contributed by atoms with Crippen LogP contribution in [0.25, 0.3) is 0 Å². The lowest BCUT2D eigenvalue weighted by molar-refractivity contribution is 0.232. The summed E-state index contributed by atoms with van der Waals surface area (Å²) in [4.78, 5) is 2.32. The fourth-order valence-corrected chi connectivity index (χ4v) is 2.26. The van der Waals surface area contributed by atoms with E-state index in [-0.39, 0.29) is 0 Å². The third-order valence-corrected chi connectivity index (χ3v) is 3.31. The molecule has 1 heterocycles. The third-order valence-electron chi connectivity index (χ3n) is 2.95. The van der Waals surface area contributed by atoms with Gasteiger partial charge in [0.05, 0.1) is 0 Å². The van der Waals surface area contributed by atoms with Gasteiger partial charge in [-0.1, -0.05) is 23.7 Å². The highest BCUT2D eigenvalue weighted by Crippen LogP contribution is 2.22. The van der Waals surface area contributed by atoms with Crippen molar-refractivity contribution in [3.05, 3.63) is 34.3 Å². The quantitative estimate of drug-likeness (QED) is 0.875. The molecule has 0 aromatic heterocycles. The summed E-state index contributed by atoms with van der Waals surface area (Å²) < 4.78 is 12.9. The van der Waals surface area contributed by atoms with Crippen LogP contribution in [0.5, 0.6) is 0 Å². The maximum absolute atomic E-state index is 12.9. The Morgan fingerprint density at radius 1 is 1.31 bits per heavy atom. The van der Waals surface area contributed by atoms with Crippen molar-refractivity contribution in [3.8, 4) is 0 Å². The van der Waals surface area contributed by atoms with E-state index in [1.165, 1.54) is 0 Å². The standard InChI is InChI=1S/C12H16ClFN2/c13-12-3-1-2-10(11(12)8-14)9-16-6-4-15-5-7-16/h1-3,15H,4-9H2. The molecule has 1 aliphatic heterocycles. The average molecular weight is 243 g/mol. The zero-order chi connectivity index (χ0) is 11.4. The van der Waals surface area contributed by atoms with Crippen LogP contribution in [-0.2, 0) is 13.2 Å². The van der Waals surface area contributed by atoms with Crippen LogP contribution in [0.3, 0.4) is 0 Å². The third kappa shape index (κ3) is 2.73. The molecule has 4 heteroatoms. The zero-order valence-electron chi connectivity index (χ0n) is 9.18. The summed E-state index contributed by atoms with van der Waals surface area (Å²) in [5, 5.41) is 3.84. The van der Waals surface area contributed by atoms with Gasteiger partial charge in [0.25, 0.3) is 0 Å². The molecule has 0 saturated carbocycles. The van der Waals surface area contributed by atoms with Crippen molar-refractivity contribution in [2.45, 2.75) is 13.2 Å². The largest absolute Gasteiger partial charge is 0.314 e. The molecule has 88 valence electrons. The minimum Gasteiger partial charge on any atom is -0.314 e. The molecule has 0 radical (unpaired) electrons. The predicted molar refractivity (Wildman–Crippen MR) is 64.4 cm³/mol. The van der Waals surface area contributed by atoms with Gasteiger partial charge in [0, 0.05) is 43.3 Å². The Labute approximate surface area is 100 Å². The molecule has 2 rings (SSSR count). The molecule has 1 fully saturated rings. The first-order valence-electron chi connectivity index (χ1n) is 5.56. The predicted octanol–water partition coefficient (Wildman–Crippen LogP) is 2.21. The Morgan fingerprint density at radius 2 is 2.06 bits per heavy atom. The summed E-state index contributed by atoms with van der Waals surface area (Å²) in [5.74, 6) is 0. The number of hydrogen-bond donors (Lipinski definition) is 1. The number of nitrogens with one attached hydrogen (secondary N) is 1. The second-order valence-electron chi connectivity index (χ2n) is 4.04. The number of alkyl halides is 1. The summed E-state index contributed by atoms with van der Waals surface area (Å²) in [7, 11) is 0. The van der Waals surface area contributed by atoms with Crippen molar-refractivity contribution in [1.82, 2.24) is 10.2 Å². The minimum absolute atomic E-state index is 0.485. The molecule has 0 atom stereocenters. The Bertz CT molecular complexity index is 351. The Morgan fingerprint density at radius 3 is 2.75 bits per heavy atom. The summed E-state index contributed by atoms with van der Waals surface area (Å²) in [6, 6.07) is 5.60. The molecule has 1 N–H and O–H groups in total. The van der Waals surface area contributed by atoms with E-state index in [0.717, 1.165) is 38.3 Å². The van der Waals surface area contributed by atoms with Crippen LogP contribution in [0.4, 0.5) is 4.39 Å². The van der Waals surface area contributed by atoms with Crippen molar-refractivity contribution in [3.63, 3.8) is 0 Å². The number of nitrogens with zero attached hydrogens (tertiary/aromatic N) is 1. The van der Waals surface area contributed by atoms with E-state index < -0.39 is 6.67 Å². The summed E-state index contributed by atoms with van der Waals surface area (Å²) in [6.45, 7) is 4.34. The number of benzene rings is 1. The van der Waals surface area contributed by atoms with Gasteiger partial charge >= 0.3 is 0 Å². The van der Waals surface area contributed by atoms with Crippen LogP contribution >= 0.6 is 11.6 Å². The van der Waals surface area contributed by atoms with Crippen LogP contribution in [-0.4, -0.2) is 31.1 Å². The molecule has 1 aromatic rings. The monoisotopic (exact) mass is 242 g/mol. The van der Waals surface area contributed by atoms with Crippen LogP contribution < -0.4 is 5.32 Å². The molecular formula is C12H16ClFN2. The molecule has 1 aliphatic rings. The second-order valence-corrected chi connectivity index (χ2v) is 4.44. The molecule has 1 aromatic carbocycles. The van der Waals surface area contributed by atoms with Crippen molar-refractivity contribution in [2.24, 2.45) is 0 Å². The SMILES string of the molecule is FCc1c(Cl)cccc1CN1CCNCC1. The Balaban J connectivity index is 2.10. The van der Waals surface area contributed by atoms with Crippen LogP contribution in [0, 0.1) is 0 Å². The van der Waals surface area contributed by atoms with Crippen LogP contribution in [0.1, 0.15) is 11.1 Å². The van der Waals surface area contributed by atoms with Gasteiger partial charge in [-0.05, 0) is 11.6 Å². The van der Waals surface area contributed by atoms with Gasteiger partial charge in [0.1, 0.15) is 6.67 Å². The highest BCUT2D eigenvalue weighted by Gasteiger charge is 2.13. The summed E-state index contributed by atoms with van der Waals surface area (Å²) >= 11 is 5.98. The average Bonchev–Trinajstić information content (AvgIpc) is 2.31. The van der Waals surface area contributed by atoms with E-state index in [9.17, 15) is 4.39 Å². The number of hydrogen-bond acceptors (Lipinski definition) is 2. The first-order chi connectivity index (χ1) is 7.81. The first kappa shape index (κ1) is 11.8. The topological polar surface area (TPSA) is 15.3 Å². The highest BCUT2D eigenvalue weighted by atomic mass is 35.5. The molecule has 0 spiro atoms. The minimum atomic E-state index is -0.485. The van der Waals surface area contributed by atoms with Crippen molar-refractivity contribution >= 4 is 11.6 Å². The van der Waals surface area contributed by atoms with Crippen molar-refractivity contribution in [2.75, 3.05) is 26.2 Å². The fraction of sp³-hybridized carbons (Fsp3) is 0.500. The maximum Gasteiger partial charge on any atom is 0.116 e. The number of piperazine rings is 1. The Hall–Kier alpha value is -0.640. The molecule has 0 bridgehead atoms. The van der Waals surface area contributed by atoms with Crippen LogP contribution in [0.15, 0.2) is 18.2 Å². The van der Waals surface area contributed by atoms with Crippen LogP contribution in [0.2, 0.25) is 5.02 Å². The highest BCUT2D eigenvalue weighted by molar-refractivity contribution is 6.31. The molecule has 0 unspecified atom stereocenters. The summed E-state index contributed by atoms with van der Waals surface area (Å²) in [6.07, 6.45) is 0. The lowest BCUT2D eigenvalue weighted by Gasteiger charge is -2.27. The second kappa shape index (κ2) is 5.62. The number of rotatable bonds is 3. The van der Waals surface area contributed by atoms with Gasteiger partial charge in [-0.3, -0.25) is 4.90 Å². The molecular weight excluding hydrogens is 227 g/mol. The lowest BCUT2D eigenvalue weighted by atomic mass is 10.1. The lowest BCUT2D eigenvalue weighted by Crippen LogP contribution is -2.43. The summed E-state index contributed by atoms with van der Waals surface area (Å²) in [5.41, 5.74) is 1.65. The van der Waals surface area contributed by atoms with E-state index in [0.29, 0.717) is 10.6 Å². The van der Waals surface area contributed by atoms with E-state index in [1.807, 2.05) is 12.1 Å². The molecule has 0 aliphatic carbocycles. The van der Waals surface area contributed by atoms with Gasteiger partial charge in [-0.25, -0.2) is 4.39 Å². The Kier molecular flexibility index (Phi) is 4.16. The van der Waals surface area contributed by atoms with Gasteiger partial charge in [0.15, 0.2) is 0 Å². The first-order valence-corrected chi connectivity index (χ1v) is 5.94. The molecule has 16 heavy (non-hydrogen) atoms. The molecule has 1 saturated heterocycles. The van der Waals surface area contributed by atoms with Gasteiger partial charge in [-0.2, -0.15) is 0 Å². The zero-order valence-corrected chi connectivity index (χ0v) is 9.93. The van der Waals surface area contributed by atoms with Crippen molar-refractivity contribution in [1.29, 1.82) is 0 Å². The normalized spacial score (nSPS) is 17.6. The molecule has 2 nitrogen and oxygen atoms in total. The van der Waals surface area contributed by atoms with Gasteiger partial charge < -0.3 is 5.32 Å². The maximum atomic E-state index is 12.9. The van der Waals surface area contributed by atoms with E-state index in [2.05, 4.69) is 10.2 Å². The van der Waals surface area contributed by atoms with E-state index in [4.69, 9.17) is 11.6 Å². The van der Waals surface area contributed by atoms with Crippen molar-refractivity contribution < 1.29 is 4.39 Å². The number of halogens is 2. The van der Waals surface area contributed by atoms with Gasteiger partial charge in [0.2, 0.25) is 0 Å². The smallest absolute Gasteiger partial charge is 0.116 e. The van der Waals surface area contributed by atoms with E-state index >= 15 is 0 Å². The van der Waals surface area contributed by atoms with Gasteiger partial charge in [-0.15, -0.1) is 0 Å². The fourth-order valence-electron chi connectivity index (χ4n) is 2.01. The van der Waals surface area contributed by atoms with E-state index in [1.54, 1.807) is 6.07 Å².